The van der Waals surface area contributed by atoms with E-state index in [9.17, 15) is 35.7 Å². The van der Waals surface area contributed by atoms with Crippen LogP contribution in [0.1, 0.15) is 98.3 Å². The van der Waals surface area contributed by atoms with Crippen LogP contribution in [0, 0.1) is 59.2 Å². The Bertz CT molecular complexity index is 1090. The van der Waals surface area contributed by atoms with Gasteiger partial charge in [-0.25, -0.2) is 0 Å². The van der Waals surface area contributed by atoms with Crippen molar-refractivity contribution in [2.24, 2.45) is 59.2 Å². The Balaban J connectivity index is 1.21. The van der Waals surface area contributed by atoms with Gasteiger partial charge in [0.1, 0.15) is 0 Å². The number of rotatable bonds is 13. The van der Waals surface area contributed by atoms with Gasteiger partial charge in [-0.15, -0.1) is 0 Å². The second-order valence-corrected chi connectivity index (χ2v) is 17.9. The van der Waals surface area contributed by atoms with Gasteiger partial charge in [0.25, 0.3) is 0 Å². The Morgan fingerprint density at radius 1 is 0.673 bits per heavy atom. The van der Waals surface area contributed by atoms with Gasteiger partial charge in [-0.1, -0.05) is 33.6 Å². The standard InChI is InChI=1S/C41H73NO10/c1-5-7-15-51-30-21-27(42-13-17-50-18-14-42)31(52-16-8-6-2)19-25(30)10-9-24-11-12-28(44)36-32(24)22(3)33-37(41(36)49)40(48)35-26(38(33)46)20-29(45)34(23(4)43)39(35)47/h22-41,43-49H,5-21H2,1-4H3/t22?,23?,24?,25?,26?,27?,28?,29?,30?,31?,32?,33-,34?,35?,36?,37?,38?,39?,40?,41?/m1/s1. The average Bonchev–Trinajstić information content (AvgIpc) is 3.12. The summed E-state index contributed by atoms with van der Waals surface area (Å²) in [4.78, 5) is 2.56. The largest absolute Gasteiger partial charge is 0.393 e. The number of nitrogens with zero attached hydrogens (tertiary/aromatic N) is 1. The monoisotopic (exact) mass is 740 g/mol. The maximum absolute atomic E-state index is 12.1. The van der Waals surface area contributed by atoms with Crippen LogP contribution in [0.25, 0.3) is 0 Å². The van der Waals surface area contributed by atoms with Crippen molar-refractivity contribution >= 4 is 0 Å². The van der Waals surface area contributed by atoms with E-state index in [0.717, 1.165) is 97.3 Å². The molecular weight excluding hydrogens is 666 g/mol. The average molecular weight is 740 g/mol. The molecule has 52 heavy (non-hydrogen) atoms. The minimum atomic E-state index is -1.22. The number of hydrogen-bond acceptors (Lipinski definition) is 11. The van der Waals surface area contributed by atoms with E-state index in [1.165, 1.54) is 6.92 Å². The summed E-state index contributed by atoms with van der Waals surface area (Å²) < 4.78 is 19.1. The predicted molar refractivity (Wildman–Crippen MR) is 196 cm³/mol. The predicted octanol–water partition coefficient (Wildman–Crippen LogP) is 2.58. The van der Waals surface area contributed by atoms with Gasteiger partial charge in [0.15, 0.2) is 0 Å². The van der Waals surface area contributed by atoms with Crippen molar-refractivity contribution in [3.63, 3.8) is 0 Å². The lowest BCUT2D eigenvalue weighted by Crippen LogP contribution is -2.70. The molecule has 0 spiro atoms. The van der Waals surface area contributed by atoms with E-state index in [4.69, 9.17) is 14.2 Å². The van der Waals surface area contributed by atoms with Gasteiger partial charge < -0.3 is 50.0 Å². The molecule has 20 atom stereocenters. The zero-order chi connectivity index (χ0) is 37.3. The van der Waals surface area contributed by atoms with E-state index >= 15 is 0 Å². The summed E-state index contributed by atoms with van der Waals surface area (Å²) >= 11 is 0. The van der Waals surface area contributed by atoms with Crippen molar-refractivity contribution in [2.75, 3.05) is 39.5 Å². The van der Waals surface area contributed by atoms with E-state index in [2.05, 4.69) is 25.7 Å². The molecule has 19 unspecified atom stereocenters. The van der Waals surface area contributed by atoms with Crippen molar-refractivity contribution in [2.45, 2.75) is 159 Å². The lowest BCUT2D eigenvalue weighted by atomic mass is 9.45. The minimum Gasteiger partial charge on any atom is -0.393 e. The van der Waals surface area contributed by atoms with Gasteiger partial charge in [0.2, 0.25) is 0 Å². The summed E-state index contributed by atoms with van der Waals surface area (Å²) in [6, 6.07) is 0.305. The second-order valence-electron chi connectivity index (χ2n) is 17.9. The first kappa shape index (κ1) is 41.2. The smallest absolute Gasteiger partial charge is 0.0734 e. The van der Waals surface area contributed by atoms with Crippen molar-refractivity contribution in [1.82, 2.24) is 4.90 Å². The van der Waals surface area contributed by atoms with Crippen molar-refractivity contribution in [1.29, 1.82) is 0 Å². The molecule has 0 aromatic carbocycles. The molecule has 0 bridgehead atoms. The molecule has 6 aliphatic rings. The number of aliphatic hydroxyl groups excluding tert-OH is 7. The van der Waals surface area contributed by atoms with Gasteiger partial charge in [-0.05, 0) is 100 Å². The normalized spacial score (nSPS) is 49.1. The first-order chi connectivity index (χ1) is 25.0. The fourth-order valence-corrected chi connectivity index (χ4v) is 12.6. The minimum absolute atomic E-state index is 0.0391. The van der Waals surface area contributed by atoms with E-state index in [1.54, 1.807) is 0 Å². The van der Waals surface area contributed by atoms with Gasteiger partial charge in [-0.3, -0.25) is 4.90 Å². The van der Waals surface area contributed by atoms with Crippen LogP contribution in [-0.4, -0.2) is 141 Å². The first-order valence-electron chi connectivity index (χ1n) is 21.3. The number of fused-ring (bicyclic) bond motifs is 3. The maximum atomic E-state index is 12.1. The fraction of sp³-hybridized carbons (Fsp3) is 1.00. The Hall–Kier alpha value is -0.440. The number of morpholine rings is 1. The molecule has 5 aliphatic carbocycles. The molecule has 5 saturated carbocycles. The zero-order valence-electron chi connectivity index (χ0n) is 32.4. The third-order valence-electron chi connectivity index (χ3n) is 15.2. The fourth-order valence-electron chi connectivity index (χ4n) is 12.6. The van der Waals surface area contributed by atoms with Crippen molar-refractivity contribution in [3.05, 3.63) is 0 Å². The summed E-state index contributed by atoms with van der Waals surface area (Å²) in [5, 5.41) is 80.2. The van der Waals surface area contributed by atoms with E-state index in [-0.39, 0.29) is 36.4 Å². The Kier molecular flexibility index (Phi) is 14.4. The highest BCUT2D eigenvalue weighted by Gasteiger charge is 2.65. The topological polar surface area (TPSA) is 173 Å². The second kappa shape index (κ2) is 18.2. The number of hydrogen-bond donors (Lipinski definition) is 7. The van der Waals surface area contributed by atoms with Gasteiger partial charge >= 0.3 is 0 Å². The lowest BCUT2D eigenvalue weighted by Gasteiger charge is -2.63. The third kappa shape index (κ3) is 8.18. The number of unbranched alkanes of at least 4 members (excludes halogenated alkanes) is 2. The van der Waals surface area contributed by atoms with Crippen molar-refractivity contribution < 1.29 is 50.0 Å². The van der Waals surface area contributed by atoms with Crippen LogP contribution >= 0.6 is 0 Å². The van der Waals surface area contributed by atoms with Crippen LogP contribution in [-0.2, 0) is 14.2 Å². The Morgan fingerprint density at radius 2 is 1.31 bits per heavy atom. The highest BCUT2D eigenvalue weighted by atomic mass is 16.5. The summed E-state index contributed by atoms with van der Waals surface area (Å²) in [6.45, 7) is 12.9. The van der Waals surface area contributed by atoms with Crippen LogP contribution in [0.5, 0.6) is 0 Å². The number of ether oxygens (including phenoxy) is 3. The van der Waals surface area contributed by atoms with E-state index < -0.39 is 78.2 Å². The number of aliphatic hydroxyl groups is 7. The van der Waals surface area contributed by atoms with Crippen LogP contribution in [0.15, 0.2) is 0 Å². The van der Waals surface area contributed by atoms with Crippen LogP contribution in [0.2, 0.25) is 0 Å². The summed E-state index contributed by atoms with van der Waals surface area (Å²) in [5.41, 5.74) is 0. The molecule has 0 aromatic rings. The highest BCUT2D eigenvalue weighted by Crippen LogP contribution is 2.59. The SMILES string of the molecule is CCCCOC1CC(N2CCOCC2)C(OCCCC)CC1CCC1CCC(O)C2C(O)C3C(O)C4C(O)C(C(C)O)C(O)CC4C(O)[C@@H]3C(C)C12. The van der Waals surface area contributed by atoms with Crippen LogP contribution in [0.3, 0.4) is 0 Å². The lowest BCUT2D eigenvalue weighted by molar-refractivity contribution is -0.266. The molecule has 6 fully saturated rings. The van der Waals surface area contributed by atoms with Gasteiger partial charge in [-0.2, -0.15) is 0 Å². The molecule has 0 aromatic heterocycles. The Labute approximate surface area is 312 Å². The molecule has 7 N–H and O–H groups in total. The molecule has 0 amide bonds. The van der Waals surface area contributed by atoms with Crippen LogP contribution < -0.4 is 0 Å². The molecule has 1 heterocycles. The molecular formula is C41H73NO10. The molecule has 0 radical (unpaired) electrons. The molecule has 1 saturated heterocycles. The highest BCUT2D eigenvalue weighted by molar-refractivity contribution is 5.13. The molecule has 11 nitrogen and oxygen atoms in total. The van der Waals surface area contributed by atoms with E-state index in [0.29, 0.717) is 18.4 Å². The summed E-state index contributed by atoms with van der Waals surface area (Å²) in [6.07, 6.45) is 2.91. The summed E-state index contributed by atoms with van der Waals surface area (Å²) in [7, 11) is 0. The molecule has 302 valence electrons. The van der Waals surface area contributed by atoms with Gasteiger partial charge in [0, 0.05) is 56.0 Å². The van der Waals surface area contributed by atoms with Gasteiger partial charge in [0.05, 0.1) is 68.1 Å². The third-order valence-corrected chi connectivity index (χ3v) is 15.2. The molecule has 11 heteroatoms. The van der Waals surface area contributed by atoms with Crippen molar-refractivity contribution in [3.8, 4) is 0 Å². The zero-order valence-corrected chi connectivity index (χ0v) is 32.4. The quantitative estimate of drug-likeness (QED) is 0.139. The van der Waals surface area contributed by atoms with Crippen LogP contribution in [0.4, 0.5) is 0 Å². The van der Waals surface area contributed by atoms with E-state index in [1.807, 2.05) is 0 Å². The summed E-state index contributed by atoms with van der Waals surface area (Å²) in [5.74, 6) is -3.33. The maximum Gasteiger partial charge on any atom is 0.0734 e. The first-order valence-corrected chi connectivity index (χ1v) is 21.3. The Morgan fingerprint density at radius 3 is 1.96 bits per heavy atom. The molecule has 6 rings (SSSR count). The molecule has 1 aliphatic heterocycles.